The van der Waals surface area contributed by atoms with E-state index in [-0.39, 0.29) is 12.0 Å². The molecule has 1 fully saturated rings. The summed E-state index contributed by atoms with van der Waals surface area (Å²) in [6.45, 7) is 9.61. The highest BCUT2D eigenvalue weighted by Crippen LogP contribution is 2.17. The molecule has 0 saturated carbocycles. The van der Waals surface area contributed by atoms with Gasteiger partial charge in [0, 0.05) is 12.6 Å². The summed E-state index contributed by atoms with van der Waals surface area (Å²) in [5.41, 5.74) is 1.01. The maximum absolute atomic E-state index is 11.6. The van der Waals surface area contributed by atoms with Gasteiger partial charge in [-0.3, -0.25) is 9.59 Å². The molecule has 2 atom stereocenters. The van der Waals surface area contributed by atoms with Crippen LogP contribution in [0.25, 0.3) is 0 Å². The van der Waals surface area contributed by atoms with E-state index >= 15 is 0 Å². The summed E-state index contributed by atoms with van der Waals surface area (Å²) in [5.74, 6) is 0.396. The van der Waals surface area contributed by atoms with E-state index in [0.29, 0.717) is 32.0 Å². The lowest BCUT2D eigenvalue weighted by Gasteiger charge is -2.30. The van der Waals surface area contributed by atoms with Gasteiger partial charge in [0.2, 0.25) is 0 Å². The van der Waals surface area contributed by atoms with Gasteiger partial charge in [0.15, 0.2) is 0 Å². The molecular formula is C21H32N2O4. The first-order chi connectivity index (χ1) is 13.2. The fourth-order valence-electron chi connectivity index (χ4n) is 2.97. The molecule has 6 heteroatoms. The molecule has 1 aliphatic rings. The Hall–Kier alpha value is -2.18. The van der Waals surface area contributed by atoms with E-state index in [4.69, 9.17) is 4.74 Å². The van der Waals surface area contributed by atoms with Gasteiger partial charge in [-0.15, -0.1) is 6.58 Å². The second kappa shape index (κ2) is 14.9. The van der Waals surface area contributed by atoms with Gasteiger partial charge in [-0.2, -0.15) is 0 Å². The Balaban J connectivity index is 0.000000309. The number of carbonyl (C=O) groups excluding carboxylic acids is 2. The Morgan fingerprint density at radius 3 is 2.78 bits per heavy atom. The van der Waals surface area contributed by atoms with Crippen LogP contribution < -0.4 is 10.6 Å². The summed E-state index contributed by atoms with van der Waals surface area (Å²) in [6.07, 6.45) is 4.63. The van der Waals surface area contributed by atoms with Crippen LogP contribution in [0.2, 0.25) is 0 Å². The van der Waals surface area contributed by atoms with Gasteiger partial charge in [0.05, 0.1) is 13.0 Å². The van der Waals surface area contributed by atoms with Gasteiger partial charge in [-0.25, -0.2) is 0 Å². The van der Waals surface area contributed by atoms with Crippen molar-refractivity contribution in [2.24, 2.45) is 5.92 Å². The zero-order valence-electron chi connectivity index (χ0n) is 16.2. The summed E-state index contributed by atoms with van der Waals surface area (Å²) in [7, 11) is 0. The number of rotatable bonds is 10. The molecule has 0 aliphatic carbocycles. The Morgan fingerprint density at radius 1 is 1.41 bits per heavy atom. The first kappa shape index (κ1) is 22.9. The van der Waals surface area contributed by atoms with E-state index in [9.17, 15) is 9.59 Å². The van der Waals surface area contributed by atoms with Crippen LogP contribution in [0.1, 0.15) is 31.7 Å². The van der Waals surface area contributed by atoms with Crippen LogP contribution in [-0.4, -0.2) is 44.7 Å². The maximum atomic E-state index is 11.6. The average Bonchev–Trinajstić information content (AvgIpc) is 2.71. The van der Waals surface area contributed by atoms with E-state index in [1.54, 1.807) is 0 Å². The maximum Gasteiger partial charge on any atom is 0.307 e. The molecule has 2 rings (SSSR count). The summed E-state index contributed by atoms with van der Waals surface area (Å²) in [4.78, 5) is 21.3. The van der Waals surface area contributed by atoms with Crippen molar-refractivity contribution in [3.63, 3.8) is 0 Å². The molecule has 0 aromatic heterocycles. The van der Waals surface area contributed by atoms with Crippen LogP contribution in [0.5, 0.6) is 0 Å². The Kier molecular flexibility index (Phi) is 12.6. The number of hydrogen-bond donors (Lipinski definition) is 2. The highest BCUT2D eigenvalue weighted by Gasteiger charge is 2.25. The average molecular weight is 376 g/mol. The van der Waals surface area contributed by atoms with Gasteiger partial charge in [0.1, 0.15) is 6.61 Å². The number of carbonyl (C=O) groups is 2. The highest BCUT2D eigenvalue weighted by molar-refractivity contribution is 5.70. The molecule has 0 radical (unpaired) electrons. The Bertz CT molecular complexity index is 530. The molecular weight excluding hydrogens is 344 g/mol. The fourth-order valence-corrected chi connectivity index (χ4v) is 2.97. The van der Waals surface area contributed by atoms with E-state index in [2.05, 4.69) is 21.9 Å². The van der Waals surface area contributed by atoms with Crippen molar-refractivity contribution in [2.75, 3.05) is 26.2 Å². The molecule has 150 valence electrons. The SMILES string of the molecule is C=CCNC(CC(=O)OCC)[C@@H]1CCCNC1.O=COCc1ccccc1. The molecule has 0 bridgehead atoms. The molecule has 1 saturated heterocycles. The van der Waals surface area contributed by atoms with Crippen LogP contribution in [0.3, 0.4) is 0 Å². The number of ether oxygens (including phenoxy) is 2. The number of hydrogen-bond acceptors (Lipinski definition) is 6. The number of benzene rings is 1. The van der Waals surface area contributed by atoms with Gasteiger partial charge in [0.25, 0.3) is 6.47 Å². The molecule has 1 aliphatic heterocycles. The van der Waals surface area contributed by atoms with Crippen LogP contribution in [0.4, 0.5) is 0 Å². The summed E-state index contributed by atoms with van der Waals surface area (Å²) in [5, 5.41) is 6.75. The minimum Gasteiger partial charge on any atom is -0.466 e. The number of piperidine rings is 1. The van der Waals surface area contributed by atoms with Gasteiger partial charge < -0.3 is 20.1 Å². The smallest absolute Gasteiger partial charge is 0.307 e. The zero-order chi connectivity index (χ0) is 19.7. The molecule has 0 amide bonds. The summed E-state index contributed by atoms with van der Waals surface area (Å²) in [6, 6.07) is 9.74. The van der Waals surface area contributed by atoms with E-state index < -0.39 is 0 Å². The zero-order valence-corrected chi connectivity index (χ0v) is 16.2. The first-order valence-electron chi connectivity index (χ1n) is 9.51. The predicted molar refractivity (Wildman–Crippen MR) is 106 cm³/mol. The number of nitrogens with one attached hydrogen (secondary N) is 2. The largest absolute Gasteiger partial charge is 0.466 e. The van der Waals surface area contributed by atoms with Gasteiger partial charge in [-0.05, 0) is 44.3 Å². The third-order valence-corrected chi connectivity index (χ3v) is 4.28. The normalized spacial score (nSPS) is 17.0. The van der Waals surface area contributed by atoms with Crippen molar-refractivity contribution < 1.29 is 19.1 Å². The highest BCUT2D eigenvalue weighted by atomic mass is 16.5. The van der Waals surface area contributed by atoms with E-state index in [1.807, 2.05) is 43.3 Å². The number of esters is 1. The Labute approximate surface area is 162 Å². The Morgan fingerprint density at radius 2 is 2.19 bits per heavy atom. The topological polar surface area (TPSA) is 76.7 Å². The molecule has 6 nitrogen and oxygen atoms in total. The third-order valence-electron chi connectivity index (χ3n) is 4.28. The molecule has 1 aromatic rings. The quantitative estimate of drug-likeness (QED) is 0.371. The van der Waals surface area contributed by atoms with Crippen molar-refractivity contribution in [1.82, 2.24) is 10.6 Å². The van der Waals surface area contributed by atoms with Crippen LogP contribution in [0.15, 0.2) is 43.0 Å². The second-order valence-electron chi connectivity index (χ2n) is 6.31. The second-order valence-corrected chi connectivity index (χ2v) is 6.31. The van der Waals surface area contributed by atoms with E-state index in [0.717, 1.165) is 25.2 Å². The third kappa shape index (κ3) is 10.5. The molecule has 0 spiro atoms. The van der Waals surface area contributed by atoms with Crippen molar-refractivity contribution in [2.45, 2.75) is 38.8 Å². The van der Waals surface area contributed by atoms with Crippen LogP contribution >= 0.6 is 0 Å². The lowest BCUT2D eigenvalue weighted by atomic mass is 9.89. The van der Waals surface area contributed by atoms with Gasteiger partial charge in [-0.1, -0.05) is 36.4 Å². The minimum absolute atomic E-state index is 0.111. The first-order valence-corrected chi connectivity index (χ1v) is 9.51. The predicted octanol–water partition coefficient (Wildman–Crippen LogP) is 2.44. The monoisotopic (exact) mass is 376 g/mol. The van der Waals surface area contributed by atoms with Crippen molar-refractivity contribution >= 4 is 12.4 Å². The van der Waals surface area contributed by atoms with Gasteiger partial charge >= 0.3 is 5.97 Å². The fraction of sp³-hybridized carbons (Fsp3) is 0.524. The molecule has 27 heavy (non-hydrogen) atoms. The van der Waals surface area contributed by atoms with Crippen molar-refractivity contribution in [3.8, 4) is 0 Å². The molecule has 2 N–H and O–H groups in total. The van der Waals surface area contributed by atoms with Crippen molar-refractivity contribution in [1.29, 1.82) is 0 Å². The van der Waals surface area contributed by atoms with Crippen LogP contribution in [0, 0.1) is 5.92 Å². The standard InChI is InChI=1S/C13H24N2O2.C8H8O2/c1-3-7-15-12(9-13(16)17-4-2)11-6-5-8-14-10-11;9-7-10-6-8-4-2-1-3-5-8/h3,11-12,14-15H,1,4-10H2,2H3;1-5,7H,6H2/t11-,12?;/m1./s1. The molecule has 1 aromatic carbocycles. The molecule has 1 unspecified atom stereocenters. The summed E-state index contributed by atoms with van der Waals surface area (Å²) < 4.78 is 9.56. The summed E-state index contributed by atoms with van der Waals surface area (Å²) >= 11 is 0. The van der Waals surface area contributed by atoms with E-state index in [1.165, 1.54) is 12.8 Å². The van der Waals surface area contributed by atoms with Crippen LogP contribution in [-0.2, 0) is 25.7 Å². The lowest BCUT2D eigenvalue weighted by molar-refractivity contribution is -0.144. The lowest BCUT2D eigenvalue weighted by Crippen LogP contribution is -2.45. The van der Waals surface area contributed by atoms with Crippen molar-refractivity contribution in [3.05, 3.63) is 48.6 Å². The minimum atomic E-state index is -0.111. The molecule has 1 heterocycles.